The van der Waals surface area contributed by atoms with E-state index in [0.29, 0.717) is 6.54 Å². The van der Waals surface area contributed by atoms with E-state index in [1.165, 1.54) is 0 Å². The van der Waals surface area contributed by atoms with E-state index in [2.05, 4.69) is 41.9 Å². The van der Waals surface area contributed by atoms with Crippen LogP contribution in [0.25, 0.3) is 16.5 Å². The predicted molar refractivity (Wildman–Crippen MR) is 69.5 cm³/mol. The summed E-state index contributed by atoms with van der Waals surface area (Å²) in [5, 5.41) is 3.45. The molecule has 78 valence electrons. The molecule has 0 aromatic heterocycles. The van der Waals surface area contributed by atoms with Gasteiger partial charge in [-0.25, -0.2) is 0 Å². The molecule has 0 aliphatic heterocycles. The Morgan fingerprint density at radius 3 is 2.93 bits per heavy atom. The Labute approximate surface area is 105 Å². The number of rotatable bonds is 4. The molecule has 0 aliphatic carbocycles. The highest BCUT2D eigenvalue weighted by Crippen LogP contribution is 2.22. The molecule has 0 bridgehead atoms. The summed E-state index contributed by atoms with van der Waals surface area (Å²) in [6.45, 7) is 0.499. The zero-order chi connectivity index (χ0) is 11.1. The smallest absolute Gasteiger partial charge is 0.0292 e. The molecular weight excluding hydrogens is 322 g/mol. The van der Waals surface area contributed by atoms with Crippen LogP contribution in [0.4, 0.5) is 0 Å². The molecule has 0 amide bonds. The zero-order valence-electron chi connectivity index (χ0n) is 7.90. The molecule has 0 atom stereocenters. The van der Waals surface area contributed by atoms with E-state index in [4.69, 9.17) is 5.53 Å². The third-order valence-corrected chi connectivity index (χ3v) is 2.93. The van der Waals surface area contributed by atoms with Crippen molar-refractivity contribution >= 4 is 37.9 Å². The van der Waals surface area contributed by atoms with Crippen LogP contribution < -0.4 is 0 Å². The van der Waals surface area contributed by atoms with Crippen molar-refractivity contribution < 1.29 is 0 Å². The van der Waals surface area contributed by atoms with Gasteiger partial charge < -0.3 is 0 Å². The lowest BCUT2D eigenvalue weighted by Gasteiger charge is -1.98. The largest absolute Gasteiger partial charge is 0.0937 e. The van der Waals surface area contributed by atoms with Crippen LogP contribution in [0.1, 0.15) is 12.0 Å². The van der Waals surface area contributed by atoms with Crippen molar-refractivity contribution in [1.29, 1.82) is 0 Å². The van der Waals surface area contributed by atoms with Crippen LogP contribution in [0.3, 0.4) is 0 Å². The molecule has 1 aromatic rings. The van der Waals surface area contributed by atoms with Gasteiger partial charge in [-0.3, -0.25) is 0 Å². The van der Waals surface area contributed by atoms with Crippen LogP contribution in [-0.4, -0.2) is 6.54 Å². The van der Waals surface area contributed by atoms with Gasteiger partial charge in [0.1, 0.15) is 0 Å². The number of azide groups is 1. The number of halogens is 2. The molecule has 0 fully saturated rings. The second-order valence-electron chi connectivity index (χ2n) is 2.81. The van der Waals surface area contributed by atoms with Crippen LogP contribution >= 0.6 is 31.9 Å². The van der Waals surface area contributed by atoms with Crippen molar-refractivity contribution in [3.8, 4) is 0 Å². The zero-order valence-corrected chi connectivity index (χ0v) is 11.1. The van der Waals surface area contributed by atoms with Gasteiger partial charge in [0, 0.05) is 20.4 Å². The highest BCUT2D eigenvalue weighted by atomic mass is 79.9. The van der Waals surface area contributed by atoms with Crippen molar-refractivity contribution in [3.05, 3.63) is 49.2 Å². The summed E-state index contributed by atoms with van der Waals surface area (Å²) >= 11 is 6.87. The summed E-state index contributed by atoms with van der Waals surface area (Å²) in [6, 6.07) is 5.98. The summed E-state index contributed by atoms with van der Waals surface area (Å²) in [7, 11) is 0. The molecule has 0 saturated carbocycles. The van der Waals surface area contributed by atoms with Gasteiger partial charge >= 0.3 is 0 Å². The Balaban J connectivity index is 2.63. The predicted octanol–water partition coefficient (Wildman–Crippen LogP) is 4.93. The van der Waals surface area contributed by atoms with Gasteiger partial charge in [0.15, 0.2) is 0 Å². The lowest BCUT2D eigenvalue weighted by Crippen LogP contribution is -1.77. The first-order valence-electron chi connectivity index (χ1n) is 4.36. The lowest BCUT2D eigenvalue weighted by atomic mass is 10.2. The summed E-state index contributed by atoms with van der Waals surface area (Å²) in [6.07, 6.45) is 4.74. The topological polar surface area (TPSA) is 48.8 Å². The Hall–Kier alpha value is -0.770. The summed E-state index contributed by atoms with van der Waals surface area (Å²) in [5.74, 6) is 0. The molecule has 0 N–H and O–H groups in total. The Kier molecular flexibility index (Phi) is 5.47. The van der Waals surface area contributed by atoms with Gasteiger partial charge in [-0.1, -0.05) is 49.1 Å². The number of benzene rings is 1. The molecule has 1 aromatic carbocycles. The normalized spacial score (nSPS) is 10.3. The molecule has 0 radical (unpaired) electrons. The van der Waals surface area contributed by atoms with E-state index in [1.54, 1.807) is 0 Å². The first-order valence-corrected chi connectivity index (χ1v) is 5.95. The first kappa shape index (κ1) is 12.3. The molecule has 3 nitrogen and oxygen atoms in total. The van der Waals surface area contributed by atoms with Gasteiger partial charge in [-0.15, -0.1) is 0 Å². The van der Waals surface area contributed by atoms with Crippen molar-refractivity contribution in [2.45, 2.75) is 6.42 Å². The quantitative estimate of drug-likeness (QED) is 0.325. The first-order chi connectivity index (χ1) is 7.24. The summed E-state index contributed by atoms with van der Waals surface area (Å²) in [5.41, 5.74) is 9.19. The molecule has 1 rings (SSSR count). The highest BCUT2D eigenvalue weighted by Gasteiger charge is 1.95. The minimum Gasteiger partial charge on any atom is -0.0937 e. The van der Waals surface area contributed by atoms with Crippen molar-refractivity contribution in [3.63, 3.8) is 0 Å². The maximum atomic E-state index is 8.08. The van der Waals surface area contributed by atoms with E-state index in [9.17, 15) is 0 Å². The van der Waals surface area contributed by atoms with Crippen LogP contribution in [0, 0.1) is 0 Å². The molecule has 0 unspecified atom stereocenters. The third kappa shape index (κ3) is 4.51. The van der Waals surface area contributed by atoms with E-state index in [0.717, 1.165) is 20.9 Å². The summed E-state index contributed by atoms with van der Waals surface area (Å²) < 4.78 is 2.09. The van der Waals surface area contributed by atoms with E-state index in [-0.39, 0.29) is 0 Å². The van der Waals surface area contributed by atoms with E-state index >= 15 is 0 Å². The van der Waals surface area contributed by atoms with Gasteiger partial charge in [-0.2, -0.15) is 0 Å². The van der Waals surface area contributed by atoms with Crippen LogP contribution in [-0.2, 0) is 0 Å². The van der Waals surface area contributed by atoms with E-state index < -0.39 is 0 Å². The fourth-order valence-corrected chi connectivity index (χ4v) is 1.79. The summed E-state index contributed by atoms with van der Waals surface area (Å²) in [4.78, 5) is 2.69. The molecule has 0 heterocycles. The average Bonchev–Trinajstić information content (AvgIpc) is 2.23. The average molecular weight is 331 g/mol. The minimum atomic E-state index is 0.499. The Morgan fingerprint density at radius 1 is 1.40 bits per heavy atom. The fraction of sp³-hybridized carbons (Fsp3) is 0.200. The molecule has 0 spiro atoms. The highest BCUT2D eigenvalue weighted by molar-refractivity contribution is 9.11. The van der Waals surface area contributed by atoms with Crippen molar-refractivity contribution in [2.75, 3.05) is 6.54 Å². The van der Waals surface area contributed by atoms with Crippen LogP contribution in [0.5, 0.6) is 0 Å². The van der Waals surface area contributed by atoms with Gasteiger partial charge in [-0.05, 0) is 35.7 Å². The molecular formula is C10H9Br2N3. The number of hydrogen-bond acceptors (Lipinski definition) is 1. The second-order valence-corrected chi connectivity index (χ2v) is 4.58. The third-order valence-electron chi connectivity index (χ3n) is 1.71. The van der Waals surface area contributed by atoms with Crippen molar-refractivity contribution in [2.24, 2.45) is 5.11 Å². The second kappa shape index (κ2) is 6.67. The molecule has 0 aliphatic rings. The monoisotopic (exact) mass is 329 g/mol. The Morgan fingerprint density at radius 2 is 2.20 bits per heavy atom. The van der Waals surface area contributed by atoms with Crippen LogP contribution in [0.15, 0.2) is 38.3 Å². The maximum Gasteiger partial charge on any atom is 0.0292 e. The standard InChI is InChI=1S/C10H9Br2N3/c11-9-4-5-10(12)8(7-9)3-1-2-6-14-15-13/h1,3-5,7H,2,6H2. The SMILES string of the molecule is [N-]=[N+]=NCCC=Cc1cc(Br)ccc1Br. The minimum absolute atomic E-state index is 0.499. The van der Waals surface area contributed by atoms with Gasteiger partial charge in [0.25, 0.3) is 0 Å². The maximum absolute atomic E-state index is 8.08. The van der Waals surface area contributed by atoms with E-state index in [1.807, 2.05) is 30.4 Å². The molecule has 5 heteroatoms. The van der Waals surface area contributed by atoms with Gasteiger partial charge in [0.2, 0.25) is 0 Å². The molecule has 0 saturated heterocycles. The number of nitrogens with zero attached hydrogens (tertiary/aromatic N) is 3. The fourth-order valence-electron chi connectivity index (χ4n) is 1.03. The Bertz CT molecular complexity index is 409. The lowest BCUT2D eigenvalue weighted by molar-refractivity contribution is 0.995. The molecule has 15 heavy (non-hydrogen) atoms. The number of hydrogen-bond donors (Lipinski definition) is 0. The van der Waals surface area contributed by atoms with Crippen LogP contribution in [0.2, 0.25) is 0 Å². The van der Waals surface area contributed by atoms with Crippen molar-refractivity contribution in [1.82, 2.24) is 0 Å². The van der Waals surface area contributed by atoms with Gasteiger partial charge in [0.05, 0.1) is 0 Å².